The Kier molecular flexibility index (Phi) is 12.5. The molecule has 0 fully saturated rings. The number of nitrogens with two attached hydrogens (primary N) is 4. The molecule has 37 heavy (non-hydrogen) atoms. The lowest BCUT2D eigenvalue weighted by molar-refractivity contribution is -0.142. The van der Waals surface area contributed by atoms with Crippen molar-refractivity contribution < 1.29 is 34.2 Å². The van der Waals surface area contributed by atoms with Crippen LogP contribution in [0.1, 0.15) is 31.9 Å². The van der Waals surface area contributed by atoms with Crippen LogP contribution >= 0.6 is 0 Å². The fourth-order valence-electron chi connectivity index (χ4n) is 3.03. The highest BCUT2D eigenvalue weighted by atomic mass is 16.4. The van der Waals surface area contributed by atoms with E-state index < -0.39 is 66.3 Å². The van der Waals surface area contributed by atoms with E-state index in [1.165, 1.54) is 19.4 Å². The first-order chi connectivity index (χ1) is 17.3. The van der Waals surface area contributed by atoms with Gasteiger partial charge in [-0.3, -0.25) is 24.2 Å². The normalized spacial score (nSPS) is 14.8. The van der Waals surface area contributed by atoms with E-state index in [-0.39, 0.29) is 31.8 Å². The molecule has 14 N–H and O–H groups in total. The first-order valence-electron chi connectivity index (χ1n) is 11.2. The Morgan fingerprint density at radius 1 is 1.03 bits per heavy atom. The van der Waals surface area contributed by atoms with Gasteiger partial charge < -0.3 is 54.1 Å². The summed E-state index contributed by atoms with van der Waals surface area (Å²) in [5, 5.41) is 26.0. The van der Waals surface area contributed by atoms with Crippen LogP contribution in [0.15, 0.2) is 17.5 Å². The summed E-state index contributed by atoms with van der Waals surface area (Å²) in [5.41, 5.74) is 21.8. The third-order valence-corrected chi connectivity index (χ3v) is 5.03. The summed E-state index contributed by atoms with van der Waals surface area (Å²) < 4.78 is 0. The molecule has 1 aromatic heterocycles. The molecule has 0 aliphatic heterocycles. The number of aliphatic hydroxyl groups excluding tert-OH is 1. The fraction of sp³-hybridized carbons (Fsp3) is 0.550. The van der Waals surface area contributed by atoms with Crippen LogP contribution in [0.25, 0.3) is 0 Å². The summed E-state index contributed by atoms with van der Waals surface area (Å²) in [6.45, 7) is 1.40. The Hall–Kier alpha value is -4.25. The second-order valence-electron chi connectivity index (χ2n) is 8.19. The van der Waals surface area contributed by atoms with E-state index in [1.807, 2.05) is 0 Å². The molecule has 5 atom stereocenters. The number of carboxylic acids is 1. The molecule has 0 aliphatic carbocycles. The molecule has 0 radical (unpaired) electrons. The molecule has 4 amide bonds. The molecule has 0 aromatic carbocycles. The largest absolute Gasteiger partial charge is 0.480 e. The molecule has 0 saturated carbocycles. The highest BCUT2D eigenvalue weighted by Crippen LogP contribution is 2.05. The maximum absolute atomic E-state index is 13.0. The predicted molar refractivity (Wildman–Crippen MR) is 129 cm³/mol. The van der Waals surface area contributed by atoms with E-state index in [1.54, 1.807) is 0 Å². The molecule has 1 aromatic rings. The minimum absolute atomic E-state index is 0.0105. The molecule has 0 spiro atoms. The number of carbonyl (C=O) groups is 5. The molecular formula is C20H34N10O7. The second kappa shape index (κ2) is 15.0. The highest BCUT2D eigenvalue weighted by molar-refractivity contribution is 5.96. The molecule has 1 heterocycles. The van der Waals surface area contributed by atoms with Gasteiger partial charge in [-0.15, -0.1) is 0 Å². The first-order valence-corrected chi connectivity index (χ1v) is 11.2. The van der Waals surface area contributed by atoms with Gasteiger partial charge >= 0.3 is 5.97 Å². The van der Waals surface area contributed by atoms with Crippen molar-refractivity contribution in [1.82, 2.24) is 25.9 Å². The lowest BCUT2D eigenvalue weighted by Crippen LogP contribution is -2.58. The molecule has 17 heteroatoms. The molecule has 1 rings (SSSR count). The molecule has 17 nitrogen and oxygen atoms in total. The Balaban J connectivity index is 3.02. The van der Waals surface area contributed by atoms with Crippen LogP contribution in [0.5, 0.6) is 0 Å². The minimum atomic E-state index is -1.56. The van der Waals surface area contributed by atoms with Gasteiger partial charge in [-0.05, 0) is 19.8 Å². The fourth-order valence-corrected chi connectivity index (χ4v) is 3.03. The number of amides is 4. The number of nitrogens with one attached hydrogen (secondary N) is 4. The van der Waals surface area contributed by atoms with Gasteiger partial charge in [-0.25, -0.2) is 9.78 Å². The van der Waals surface area contributed by atoms with Crippen molar-refractivity contribution in [3.8, 4) is 0 Å². The van der Waals surface area contributed by atoms with Crippen molar-refractivity contribution in [2.75, 3.05) is 6.54 Å². The number of aliphatic carboxylic acids is 1. The zero-order chi connectivity index (χ0) is 28.1. The van der Waals surface area contributed by atoms with Crippen molar-refractivity contribution >= 4 is 35.6 Å². The van der Waals surface area contributed by atoms with Crippen molar-refractivity contribution in [2.45, 2.75) is 62.9 Å². The zero-order valence-electron chi connectivity index (χ0n) is 20.2. The lowest BCUT2D eigenvalue weighted by Gasteiger charge is -2.25. The van der Waals surface area contributed by atoms with Gasteiger partial charge in [0.1, 0.15) is 24.2 Å². The topological polar surface area (TPSA) is 307 Å². The maximum atomic E-state index is 13.0. The van der Waals surface area contributed by atoms with Crippen LogP contribution in [0.4, 0.5) is 0 Å². The number of aromatic nitrogens is 2. The number of hydrogen-bond donors (Lipinski definition) is 10. The monoisotopic (exact) mass is 526 g/mol. The number of H-pyrrole nitrogens is 1. The number of primary amides is 1. The minimum Gasteiger partial charge on any atom is -0.480 e. The zero-order valence-corrected chi connectivity index (χ0v) is 20.2. The van der Waals surface area contributed by atoms with E-state index in [9.17, 15) is 34.2 Å². The van der Waals surface area contributed by atoms with Crippen molar-refractivity contribution in [3.05, 3.63) is 18.2 Å². The Labute approximate surface area is 211 Å². The van der Waals surface area contributed by atoms with Gasteiger partial charge in [-0.2, -0.15) is 0 Å². The molecule has 0 bridgehead atoms. The lowest BCUT2D eigenvalue weighted by atomic mass is 10.1. The summed E-state index contributed by atoms with van der Waals surface area (Å²) in [4.78, 5) is 71.6. The predicted octanol–water partition coefficient (Wildman–Crippen LogP) is -4.87. The average Bonchev–Trinajstić information content (AvgIpc) is 3.31. The number of aliphatic hydroxyl groups is 1. The van der Waals surface area contributed by atoms with Gasteiger partial charge in [0.05, 0.1) is 18.9 Å². The highest BCUT2D eigenvalue weighted by Gasteiger charge is 2.32. The summed E-state index contributed by atoms with van der Waals surface area (Å²) in [5.74, 6) is -5.24. The van der Waals surface area contributed by atoms with Crippen molar-refractivity contribution in [2.24, 2.45) is 27.9 Å². The summed E-state index contributed by atoms with van der Waals surface area (Å²) >= 11 is 0. The molecule has 206 valence electrons. The van der Waals surface area contributed by atoms with E-state index in [2.05, 4.69) is 30.9 Å². The van der Waals surface area contributed by atoms with E-state index in [0.717, 1.165) is 0 Å². The number of hydrogen-bond acceptors (Lipinski definition) is 9. The van der Waals surface area contributed by atoms with Crippen LogP contribution in [0, 0.1) is 0 Å². The SMILES string of the molecule is CC(O)C(N)C(=O)NC(CCCN=C(N)N)C(=O)NC(CC(N)=O)C(=O)NC(Cc1cnc[nH]1)C(=O)O. The van der Waals surface area contributed by atoms with Gasteiger partial charge in [0.2, 0.25) is 23.6 Å². The number of nitrogens with zero attached hydrogens (tertiary/aromatic N) is 2. The van der Waals surface area contributed by atoms with Crippen molar-refractivity contribution in [1.29, 1.82) is 0 Å². The van der Waals surface area contributed by atoms with Gasteiger partial charge in [-0.1, -0.05) is 0 Å². The number of aromatic amines is 1. The molecule has 0 saturated heterocycles. The number of rotatable bonds is 16. The maximum Gasteiger partial charge on any atom is 0.326 e. The van der Waals surface area contributed by atoms with E-state index in [4.69, 9.17) is 22.9 Å². The Bertz CT molecular complexity index is 963. The summed E-state index contributed by atoms with van der Waals surface area (Å²) in [6.07, 6.45) is 0.882. The van der Waals surface area contributed by atoms with Crippen LogP contribution in [-0.2, 0) is 30.4 Å². The number of carboxylic acid groups (broad SMARTS) is 1. The number of guanidine groups is 1. The van der Waals surface area contributed by atoms with Crippen LogP contribution < -0.4 is 38.9 Å². The van der Waals surface area contributed by atoms with Crippen LogP contribution in [-0.4, -0.2) is 92.6 Å². The van der Waals surface area contributed by atoms with Gasteiger partial charge in [0, 0.05) is 24.9 Å². The molecule has 0 aliphatic rings. The van der Waals surface area contributed by atoms with Crippen LogP contribution in [0.3, 0.4) is 0 Å². The number of aliphatic imine (C=N–C) groups is 1. The number of carbonyl (C=O) groups excluding carboxylic acids is 4. The Morgan fingerprint density at radius 2 is 1.62 bits per heavy atom. The van der Waals surface area contributed by atoms with E-state index in [0.29, 0.717) is 5.69 Å². The summed E-state index contributed by atoms with van der Waals surface area (Å²) in [7, 11) is 0. The average molecular weight is 527 g/mol. The smallest absolute Gasteiger partial charge is 0.326 e. The summed E-state index contributed by atoms with van der Waals surface area (Å²) in [6, 6.07) is -5.60. The quantitative estimate of drug-likeness (QED) is 0.0553. The van der Waals surface area contributed by atoms with E-state index >= 15 is 0 Å². The van der Waals surface area contributed by atoms with Gasteiger partial charge in [0.15, 0.2) is 5.96 Å². The Morgan fingerprint density at radius 3 is 2.14 bits per heavy atom. The number of imidazole rings is 1. The second-order valence-corrected chi connectivity index (χ2v) is 8.19. The van der Waals surface area contributed by atoms with Gasteiger partial charge in [0.25, 0.3) is 0 Å². The standard InChI is InChI=1S/C20H34N10O7/c1-9(31)15(22)18(35)28-11(3-2-4-26-20(23)24)16(33)29-12(6-14(21)32)17(34)30-13(19(36)37)5-10-7-25-8-27-10/h7-9,11-13,15,31H,2-6,22H2,1H3,(H2,21,32)(H,25,27)(H,28,35)(H,29,33)(H,30,34)(H,36,37)(H4,23,24,26). The third kappa shape index (κ3) is 11.4. The molecular weight excluding hydrogens is 492 g/mol. The third-order valence-electron chi connectivity index (χ3n) is 5.03. The van der Waals surface area contributed by atoms with Crippen molar-refractivity contribution in [3.63, 3.8) is 0 Å². The first kappa shape index (κ1) is 30.8. The van der Waals surface area contributed by atoms with Crippen LogP contribution in [0.2, 0.25) is 0 Å². The molecule has 5 unspecified atom stereocenters.